The minimum Gasteiger partial charge on any atom is -0.506 e. The topological polar surface area (TPSA) is 71.0 Å². The van der Waals surface area contributed by atoms with Crippen LogP contribution >= 0.6 is 0 Å². The lowest BCUT2D eigenvalue weighted by Crippen LogP contribution is -1.85. The Balaban J connectivity index is 2.09. The van der Waals surface area contributed by atoms with Crippen LogP contribution in [0.5, 0.6) is 5.75 Å². The fourth-order valence-corrected chi connectivity index (χ4v) is 2.21. The number of azo groups is 1. The van der Waals surface area contributed by atoms with Crippen LogP contribution in [0.15, 0.2) is 64.8 Å². The van der Waals surface area contributed by atoms with Gasteiger partial charge in [0.05, 0.1) is 5.69 Å². The number of rotatable bonds is 2. The molecule has 0 spiro atoms. The molecule has 0 aliphatic carbocycles. The van der Waals surface area contributed by atoms with Crippen molar-refractivity contribution in [3.05, 3.63) is 60.2 Å². The molecular formula is C17H15N3O. The Morgan fingerprint density at radius 2 is 1.76 bits per heavy atom. The average Bonchev–Trinajstić information content (AvgIpc) is 2.48. The molecule has 0 aliphatic heterocycles. The van der Waals surface area contributed by atoms with E-state index < -0.39 is 0 Å². The van der Waals surface area contributed by atoms with Crippen molar-refractivity contribution in [1.82, 2.24) is 0 Å². The van der Waals surface area contributed by atoms with Crippen LogP contribution in [-0.2, 0) is 0 Å². The predicted molar refractivity (Wildman–Crippen MR) is 85.4 cm³/mol. The second-order valence-electron chi connectivity index (χ2n) is 4.92. The summed E-state index contributed by atoms with van der Waals surface area (Å²) in [5, 5.41) is 20.2. The van der Waals surface area contributed by atoms with Gasteiger partial charge in [-0.15, -0.1) is 10.2 Å². The van der Waals surface area contributed by atoms with Gasteiger partial charge in [0.15, 0.2) is 0 Å². The molecule has 21 heavy (non-hydrogen) atoms. The van der Waals surface area contributed by atoms with Crippen molar-refractivity contribution in [2.24, 2.45) is 10.2 Å². The van der Waals surface area contributed by atoms with Gasteiger partial charge in [0.1, 0.15) is 17.1 Å². The zero-order chi connectivity index (χ0) is 14.8. The van der Waals surface area contributed by atoms with Gasteiger partial charge in [-0.05, 0) is 36.1 Å². The lowest BCUT2D eigenvalue weighted by atomic mass is 10.1. The molecule has 104 valence electrons. The molecule has 0 fully saturated rings. The summed E-state index contributed by atoms with van der Waals surface area (Å²) in [7, 11) is 0. The highest BCUT2D eigenvalue weighted by atomic mass is 16.3. The van der Waals surface area contributed by atoms with Crippen molar-refractivity contribution in [3.8, 4) is 5.75 Å². The molecule has 0 unspecified atom stereocenters. The third-order valence-electron chi connectivity index (χ3n) is 3.32. The molecule has 3 aromatic rings. The normalized spacial score (nSPS) is 11.3. The molecule has 3 rings (SSSR count). The maximum absolute atomic E-state index is 9.87. The van der Waals surface area contributed by atoms with Crippen LogP contribution in [0, 0.1) is 6.92 Å². The van der Waals surface area contributed by atoms with Crippen molar-refractivity contribution < 1.29 is 5.11 Å². The third-order valence-corrected chi connectivity index (χ3v) is 3.32. The lowest BCUT2D eigenvalue weighted by molar-refractivity contribution is 0.476. The number of nitrogens with zero attached hydrogens (tertiary/aromatic N) is 2. The van der Waals surface area contributed by atoms with E-state index in [1.807, 2.05) is 49.4 Å². The van der Waals surface area contributed by atoms with Crippen molar-refractivity contribution in [1.29, 1.82) is 0 Å². The molecule has 0 saturated heterocycles. The number of benzene rings is 3. The number of phenolic OH excluding ortho intramolecular Hbond substituents is 1. The summed E-state index contributed by atoms with van der Waals surface area (Å²) < 4.78 is 0. The molecule has 4 nitrogen and oxygen atoms in total. The second-order valence-corrected chi connectivity index (χ2v) is 4.92. The number of hydrogen-bond acceptors (Lipinski definition) is 4. The number of aromatic hydroxyl groups is 1. The quantitative estimate of drug-likeness (QED) is 0.519. The van der Waals surface area contributed by atoms with E-state index in [1.165, 1.54) is 0 Å². The highest BCUT2D eigenvalue weighted by Crippen LogP contribution is 2.35. The molecule has 0 heterocycles. The van der Waals surface area contributed by atoms with E-state index in [9.17, 15) is 5.11 Å². The smallest absolute Gasteiger partial charge is 0.143 e. The van der Waals surface area contributed by atoms with Gasteiger partial charge >= 0.3 is 0 Å². The van der Waals surface area contributed by atoms with E-state index in [0.29, 0.717) is 17.1 Å². The highest BCUT2D eigenvalue weighted by Gasteiger charge is 2.05. The Labute approximate surface area is 122 Å². The second kappa shape index (κ2) is 5.25. The predicted octanol–water partition coefficient (Wildman–Crippen LogP) is 4.85. The Hall–Kier alpha value is -2.88. The molecule has 0 saturated carbocycles. The largest absolute Gasteiger partial charge is 0.506 e. The van der Waals surface area contributed by atoms with Crippen molar-refractivity contribution >= 4 is 27.8 Å². The molecule has 3 N–H and O–H groups in total. The van der Waals surface area contributed by atoms with Crippen molar-refractivity contribution in [3.63, 3.8) is 0 Å². The molecule has 0 radical (unpaired) electrons. The van der Waals surface area contributed by atoms with Gasteiger partial charge in [-0.25, -0.2) is 0 Å². The summed E-state index contributed by atoms with van der Waals surface area (Å²) in [4.78, 5) is 0. The maximum atomic E-state index is 9.87. The standard InChI is InChI=1S/C17H15N3O/c1-11-6-9-15(16(21)10-11)19-20-17-13-5-3-2-4-12(13)7-8-14(17)18/h2-10,21H,18H2,1H3. The summed E-state index contributed by atoms with van der Waals surface area (Å²) >= 11 is 0. The Morgan fingerprint density at radius 1 is 0.952 bits per heavy atom. The Bertz CT molecular complexity index is 841. The van der Waals surface area contributed by atoms with Crippen LogP contribution in [-0.4, -0.2) is 5.11 Å². The van der Waals surface area contributed by atoms with Gasteiger partial charge in [0, 0.05) is 5.39 Å². The van der Waals surface area contributed by atoms with Gasteiger partial charge in [-0.1, -0.05) is 36.4 Å². The first kappa shape index (κ1) is 13.1. The van der Waals surface area contributed by atoms with E-state index in [2.05, 4.69) is 10.2 Å². The van der Waals surface area contributed by atoms with E-state index >= 15 is 0 Å². The number of nitrogens with two attached hydrogens (primary N) is 1. The van der Waals surface area contributed by atoms with Gasteiger partial charge in [-0.2, -0.15) is 0 Å². The van der Waals surface area contributed by atoms with Crippen LogP contribution < -0.4 is 5.73 Å². The number of anilines is 1. The van der Waals surface area contributed by atoms with Crippen LogP contribution in [0.4, 0.5) is 17.1 Å². The Kier molecular flexibility index (Phi) is 3.28. The summed E-state index contributed by atoms with van der Waals surface area (Å²) in [6.45, 7) is 1.91. The molecule has 4 heteroatoms. The van der Waals surface area contributed by atoms with E-state index in [4.69, 9.17) is 5.73 Å². The molecular weight excluding hydrogens is 262 g/mol. The minimum atomic E-state index is 0.109. The molecule has 0 bridgehead atoms. The summed E-state index contributed by atoms with van der Waals surface area (Å²) in [5.74, 6) is 0.109. The first-order valence-electron chi connectivity index (χ1n) is 6.64. The van der Waals surface area contributed by atoms with Crippen LogP contribution in [0.25, 0.3) is 10.8 Å². The number of nitrogen functional groups attached to an aromatic ring is 1. The highest BCUT2D eigenvalue weighted by molar-refractivity contribution is 5.97. The molecule has 0 aromatic heterocycles. The number of phenols is 1. The molecule has 0 atom stereocenters. The van der Waals surface area contributed by atoms with E-state index in [0.717, 1.165) is 16.3 Å². The SMILES string of the molecule is Cc1ccc(N=Nc2c(N)ccc3ccccc23)c(O)c1. The monoisotopic (exact) mass is 277 g/mol. The molecule has 0 aliphatic rings. The van der Waals surface area contributed by atoms with Crippen molar-refractivity contribution in [2.75, 3.05) is 5.73 Å². The zero-order valence-electron chi connectivity index (χ0n) is 11.6. The third kappa shape index (κ3) is 2.56. The van der Waals surface area contributed by atoms with E-state index in [-0.39, 0.29) is 5.75 Å². The van der Waals surface area contributed by atoms with Gasteiger partial charge in [-0.3, -0.25) is 0 Å². The summed E-state index contributed by atoms with van der Waals surface area (Å²) in [5.41, 5.74) is 8.57. The maximum Gasteiger partial charge on any atom is 0.143 e. The fourth-order valence-electron chi connectivity index (χ4n) is 2.21. The molecule has 3 aromatic carbocycles. The summed E-state index contributed by atoms with van der Waals surface area (Å²) in [6.07, 6.45) is 0. The number of fused-ring (bicyclic) bond motifs is 1. The first-order valence-corrected chi connectivity index (χ1v) is 6.64. The van der Waals surface area contributed by atoms with Crippen LogP contribution in [0.1, 0.15) is 5.56 Å². The first-order chi connectivity index (χ1) is 10.1. The van der Waals surface area contributed by atoms with Crippen molar-refractivity contribution in [2.45, 2.75) is 6.92 Å². The van der Waals surface area contributed by atoms with Gasteiger partial charge in [0.25, 0.3) is 0 Å². The van der Waals surface area contributed by atoms with Crippen LogP contribution in [0.2, 0.25) is 0 Å². The summed E-state index contributed by atoms with van der Waals surface area (Å²) in [6, 6.07) is 16.9. The average molecular weight is 277 g/mol. The molecule has 0 amide bonds. The number of hydrogen-bond donors (Lipinski definition) is 2. The fraction of sp³-hybridized carbons (Fsp3) is 0.0588. The minimum absolute atomic E-state index is 0.109. The van der Waals surface area contributed by atoms with Gasteiger partial charge < -0.3 is 10.8 Å². The lowest BCUT2D eigenvalue weighted by Gasteiger charge is -2.05. The van der Waals surface area contributed by atoms with Crippen LogP contribution in [0.3, 0.4) is 0 Å². The van der Waals surface area contributed by atoms with Gasteiger partial charge in [0.2, 0.25) is 0 Å². The zero-order valence-corrected chi connectivity index (χ0v) is 11.6. The Morgan fingerprint density at radius 3 is 2.57 bits per heavy atom. The number of aryl methyl sites for hydroxylation is 1. The van der Waals surface area contributed by atoms with E-state index in [1.54, 1.807) is 12.1 Å².